The van der Waals surface area contributed by atoms with Gasteiger partial charge in [-0.1, -0.05) is 22.0 Å². The molecule has 1 aliphatic heterocycles. The topological polar surface area (TPSA) is 26.3 Å². The molecule has 0 amide bonds. The minimum Gasteiger partial charge on any atom is -0.378 e. The van der Waals surface area contributed by atoms with E-state index in [0.29, 0.717) is 12.5 Å². The number of carbonyl (C=O) groups is 1. The number of halogens is 1. The minimum absolute atomic E-state index is 0.227. The van der Waals surface area contributed by atoms with E-state index in [4.69, 9.17) is 4.74 Å². The molecular formula is C14H17BrO2. The largest absolute Gasteiger partial charge is 0.378 e. The van der Waals surface area contributed by atoms with Crippen LogP contribution in [0.1, 0.15) is 41.6 Å². The highest BCUT2D eigenvalue weighted by molar-refractivity contribution is 9.10. The molecule has 1 unspecified atom stereocenters. The van der Waals surface area contributed by atoms with Gasteiger partial charge in [0.05, 0.1) is 6.10 Å². The van der Waals surface area contributed by atoms with Crippen LogP contribution in [0.3, 0.4) is 0 Å². The molecule has 1 saturated heterocycles. The van der Waals surface area contributed by atoms with Gasteiger partial charge in [-0.15, -0.1) is 0 Å². The van der Waals surface area contributed by atoms with Crippen molar-refractivity contribution in [2.45, 2.75) is 38.7 Å². The standard InChI is InChI=1S/C14H17BrO2/c1-10-9-11(15)4-6-13(10)14(16)7-5-12-3-2-8-17-12/h4,6,9,12H,2-3,5,7-8H2,1H3. The lowest BCUT2D eigenvalue weighted by atomic mass is 10.00. The summed E-state index contributed by atoms with van der Waals surface area (Å²) in [7, 11) is 0. The van der Waals surface area contributed by atoms with E-state index in [1.165, 1.54) is 0 Å². The summed E-state index contributed by atoms with van der Waals surface area (Å²) in [5.74, 6) is 0.227. The van der Waals surface area contributed by atoms with Gasteiger partial charge in [0.1, 0.15) is 0 Å². The van der Waals surface area contributed by atoms with Crippen molar-refractivity contribution in [2.75, 3.05) is 6.61 Å². The van der Waals surface area contributed by atoms with Crippen LogP contribution in [0.5, 0.6) is 0 Å². The lowest BCUT2D eigenvalue weighted by molar-refractivity contribution is 0.0859. The van der Waals surface area contributed by atoms with Gasteiger partial charge in [-0.3, -0.25) is 4.79 Å². The summed E-state index contributed by atoms with van der Waals surface area (Å²) >= 11 is 3.41. The Labute approximate surface area is 110 Å². The molecule has 0 aliphatic carbocycles. The van der Waals surface area contributed by atoms with Crippen LogP contribution in [-0.4, -0.2) is 18.5 Å². The fourth-order valence-corrected chi connectivity index (χ4v) is 2.71. The second kappa shape index (κ2) is 5.78. The predicted octanol–water partition coefficient (Wildman–Crippen LogP) is 3.90. The van der Waals surface area contributed by atoms with Crippen LogP contribution < -0.4 is 0 Å². The maximum absolute atomic E-state index is 12.1. The SMILES string of the molecule is Cc1cc(Br)ccc1C(=O)CCC1CCCO1. The molecule has 0 bridgehead atoms. The number of ether oxygens (including phenoxy) is 1. The number of hydrogen-bond donors (Lipinski definition) is 0. The Kier molecular flexibility index (Phi) is 4.35. The molecule has 0 aromatic heterocycles. The third kappa shape index (κ3) is 3.39. The molecule has 2 rings (SSSR count). The second-order valence-electron chi connectivity index (χ2n) is 4.56. The Morgan fingerprint density at radius 2 is 2.35 bits per heavy atom. The van der Waals surface area contributed by atoms with E-state index in [1.807, 2.05) is 25.1 Å². The molecule has 1 aromatic carbocycles. The Hall–Kier alpha value is -0.670. The van der Waals surface area contributed by atoms with E-state index < -0.39 is 0 Å². The highest BCUT2D eigenvalue weighted by Gasteiger charge is 2.17. The molecule has 1 atom stereocenters. The van der Waals surface area contributed by atoms with E-state index >= 15 is 0 Å². The fraction of sp³-hybridized carbons (Fsp3) is 0.500. The molecule has 0 spiro atoms. The number of rotatable bonds is 4. The van der Waals surface area contributed by atoms with Crippen molar-refractivity contribution in [3.8, 4) is 0 Å². The van der Waals surface area contributed by atoms with Crippen LogP contribution in [0.15, 0.2) is 22.7 Å². The highest BCUT2D eigenvalue weighted by Crippen LogP contribution is 2.21. The first kappa shape index (κ1) is 12.8. The highest BCUT2D eigenvalue weighted by atomic mass is 79.9. The van der Waals surface area contributed by atoms with Gasteiger partial charge in [0, 0.05) is 23.1 Å². The van der Waals surface area contributed by atoms with E-state index in [9.17, 15) is 4.79 Å². The van der Waals surface area contributed by atoms with Gasteiger partial charge in [-0.2, -0.15) is 0 Å². The predicted molar refractivity (Wildman–Crippen MR) is 71.4 cm³/mol. The van der Waals surface area contributed by atoms with Gasteiger partial charge < -0.3 is 4.74 Å². The number of benzene rings is 1. The van der Waals surface area contributed by atoms with Gasteiger partial charge in [0.25, 0.3) is 0 Å². The van der Waals surface area contributed by atoms with Crippen molar-refractivity contribution in [3.05, 3.63) is 33.8 Å². The molecule has 1 fully saturated rings. The number of hydrogen-bond acceptors (Lipinski definition) is 2. The van der Waals surface area contributed by atoms with Crippen LogP contribution in [0.4, 0.5) is 0 Å². The average molecular weight is 297 g/mol. The van der Waals surface area contributed by atoms with Crippen LogP contribution in [0, 0.1) is 6.92 Å². The molecule has 17 heavy (non-hydrogen) atoms. The van der Waals surface area contributed by atoms with Gasteiger partial charge in [0.2, 0.25) is 0 Å². The Morgan fingerprint density at radius 3 is 3.00 bits per heavy atom. The maximum Gasteiger partial charge on any atom is 0.163 e. The van der Waals surface area contributed by atoms with Crippen LogP contribution in [0.2, 0.25) is 0 Å². The Morgan fingerprint density at radius 1 is 1.53 bits per heavy atom. The van der Waals surface area contributed by atoms with E-state index in [0.717, 1.165) is 41.5 Å². The summed E-state index contributed by atoms with van der Waals surface area (Å²) in [4.78, 5) is 12.1. The Bertz CT molecular complexity index is 409. The van der Waals surface area contributed by atoms with E-state index in [2.05, 4.69) is 15.9 Å². The van der Waals surface area contributed by atoms with Crippen LogP contribution >= 0.6 is 15.9 Å². The zero-order valence-corrected chi connectivity index (χ0v) is 11.6. The van der Waals surface area contributed by atoms with Gasteiger partial charge in [0.15, 0.2) is 5.78 Å². The van der Waals surface area contributed by atoms with Crippen molar-refractivity contribution in [2.24, 2.45) is 0 Å². The van der Waals surface area contributed by atoms with Gasteiger partial charge >= 0.3 is 0 Å². The second-order valence-corrected chi connectivity index (χ2v) is 5.47. The maximum atomic E-state index is 12.1. The molecule has 1 aliphatic rings. The van der Waals surface area contributed by atoms with E-state index in [-0.39, 0.29) is 5.78 Å². The lowest BCUT2D eigenvalue weighted by Gasteiger charge is -2.09. The van der Waals surface area contributed by atoms with Crippen molar-refractivity contribution in [1.82, 2.24) is 0 Å². The quantitative estimate of drug-likeness (QED) is 0.788. The number of carbonyl (C=O) groups excluding carboxylic acids is 1. The summed E-state index contributed by atoms with van der Waals surface area (Å²) in [6.45, 7) is 2.83. The first-order valence-corrected chi connectivity index (χ1v) is 6.87. The first-order valence-electron chi connectivity index (χ1n) is 6.08. The first-order chi connectivity index (χ1) is 8.16. The van der Waals surface area contributed by atoms with Gasteiger partial charge in [-0.25, -0.2) is 0 Å². The molecule has 3 heteroatoms. The molecular weight excluding hydrogens is 280 g/mol. The number of aryl methyl sites for hydroxylation is 1. The van der Waals surface area contributed by atoms with Crippen LogP contribution in [0.25, 0.3) is 0 Å². The molecule has 1 heterocycles. The van der Waals surface area contributed by atoms with Gasteiger partial charge in [-0.05, 0) is 43.9 Å². The molecule has 92 valence electrons. The lowest BCUT2D eigenvalue weighted by Crippen LogP contribution is -2.09. The third-order valence-electron chi connectivity index (χ3n) is 3.21. The zero-order chi connectivity index (χ0) is 12.3. The smallest absolute Gasteiger partial charge is 0.163 e. The molecule has 0 N–H and O–H groups in total. The summed E-state index contributed by atoms with van der Waals surface area (Å²) in [6.07, 6.45) is 3.99. The molecule has 1 aromatic rings. The summed E-state index contributed by atoms with van der Waals surface area (Å²) < 4.78 is 6.55. The molecule has 2 nitrogen and oxygen atoms in total. The molecule has 0 saturated carbocycles. The van der Waals surface area contributed by atoms with Crippen molar-refractivity contribution in [3.63, 3.8) is 0 Å². The number of Topliss-reactive ketones (excluding diaryl/α,β-unsaturated/α-hetero) is 1. The van der Waals surface area contributed by atoms with Crippen LogP contribution in [-0.2, 0) is 4.74 Å². The average Bonchev–Trinajstić information content (AvgIpc) is 2.78. The number of ketones is 1. The third-order valence-corrected chi connectivity index (χ3v) is 3.70. The van der Waals surface area contributed by atoms with E-state index in [1.54, 1.807) is 0 Å². The Balaban J connectivity index is 1.94. The fourth-order valence-electron chi connectivity index (χ4n) is 2.24. The summed E-state index contributed by atoms with van der Waals surface area (Å²) in [6, 6.07) is 5.81. The monoisotopic (exact) mass is 296 g/mol. The summed E-state index contributed by atoms with van der Waals surface area (Å²) in [5, 5.41) is 0. The summed E-state index contributed by atoms with van der Waals surface area (Å²) in [5.41, 5.74) is 1.88. The van der Waals surface area contributed by atoms with Crippen molar-refractivity contribution in [1.29, 1.82) is 0 Å². The molecule has 0 radical (unpaired) electrons. The van der Waals surface area contributed by atoms with Crippen molar-refractivity contribution < 1.29 is 9.53 Å². The van der Waals surface area contributed by atoms with Crippen molar-refractivity contribution >= 4 is 21.7 Å². The zero-order valence-electron chi connectivity index (χ0n) is 10.0. The minimum atomic E-state index is 0.227. The normalized spacial score (nSPS) is 19.5.